The van der Waals surface area contributed by atoms with Gasteiger partial charge in [0.1, 0.15) is 16.9 Å². The van der Waals surface area contributed by atoms with Crippen molar-refractivity contribution in [2.75, 3.05) is 44.2 Å². The van der Waals surface area contributed by atoms with Gasteiger partial charge < -0.3 is 19.1 Å². The molecule has 0 aliphatic carbocycles. The fourth-order valence-electron chi connectivity index (χ4n) is 6.07. The highest BCUT2D eigenvalue weighted by molar-refractivity contribution is 6.06. The molecule has 0 spiro atoms. The van der Waals surface area contributed by atoms with Crippen LogP contribution in [-0.4, -0.2) is 87.9 Å². The first-order chi connectivity index (χ1) is 18.9. The number of nitrogens with zero attached hydrogens (tertiary/aromatic N) is 5. The smallest absolute Gasteiger partial charge is 0.410 e. The van der Waals surface area contributed by atoms with E-state index in [-0.39, 0.29) is 24.5 Å². The summed E-state index contributed by atoms with van der Waals surface area (Å²) in [5, 5.41) is 3.35. The van der Waals surface area contributed by atoms with Gasteiger partial charge in [0.2, 0.25) is 5.91 Å². The van der Waals surface area contributed by atoms with E-state index in [4.69, 9.17) is 9.72 Å². The average molecular weight is 557 g/mol. The monoisotopic (exact) mass is 556 g/mol. The first-order valence-corrected chi connectivity index (χ1v) is 14.4. The second-order valence-electron chi connectivity index (χ2n) is 12.5. The Labute approximate surface area is 234 Å². The molecule has 10 nitrogen and oxygen atoms in total. The highest BCUT2D eigenvalue weighted by Crippen LogP contribution is 2.33. The second-order valence-corrected chi connectivity index (χ2v) is 12.5. The number of urea groups is 1. The summed E-state index contributed by atoms with van der Waals surface area (Å²) < 4.78 is 23.5. The molecule has 2 aromatic heterocycles. The zero-order valence-electron chi connectivity index (χ0n) is 24.0. The number of imide groups is 1. The van der Waals surface area contributed by atoms with Gasteiger partial charge in [0, 0.05) is 69.6 Å². The fourth-order valence-corrected chi connectivity index (χ4v) is 6.07. The Morgan fingerprint density at radius 3 is 2.60 bits per heavy atom. The average Bonchev–Trinajstić information content (AvgIpc) is 3.03. The van der Waals surface area contributed by atoms with Crippen LogP contribution in [0, 0.1) is 6.92 Å². The largest absolute Gasteiger partial charge is 0.444 e. The van der Waals surface area contributed by atoms with E-state index in [0.29, 0.717) is 44.7 Å². The van der Waals surface area contributed by atoms with Crippen molar-refractivity contribution in [2.45, 2.75) is 83.5 Å². The van der Waals surface area contributed by atoms with Crippen LogP contribution in [0.1, 0.15) is 70.9 Å². The first kappa shape index (κ1) is 28.3. The van der Waals surface area contributed by atoms with E-state index < -0.39 is 17.3 Å². The number of rotatable bonds is 4. The predicted molar refractivity (Wildman–Crippen MR) is 150 cm³/mol. The van der Waals surface area contributed by atoms with Gasteiger partial charge in [-0.2, -0.15) is 0 Å². The van der Waals surface area contributed by atoms with Gasteiger partial charge in [-0.25, -0.2) is 19.0 Å². The molecule has 0 saturated carbocycles. The van der Waals surface area contributed by atoms with Crippen molar-refractivity contribution in [1.29, 1.82) is 0 Å². The first-order valence-electron chi connectivity index (χ1n) is 14.4. The Hall–Kier alpha value is -3.21. The molecule has 3 fully saturated rings. The minimum Gasteiger partial charge on any atom is -0.444 e. The molecule has 1 atom stereocenters. The second kappa shape index (κ2) is 11.0. The minimum atomic E-state index is -1.31. The maximum atomic E-state index is 15.8. The van der Waals surface area contributed by atoms with Crippen molar-refractivity contribution in [3.8, 4) is 0 Å². The van der Waals surface area contributed by atoms with Crippen LogP contribution in [0.3, 0.4) is 0 Å². The van der Waals surface area contributed by atoms with Gasteiger partial charge in [-0.15, -0.1) is 0 Å². The Kier molecular flexibility index (Phi) is 7.78. The van der Waals surface area contributed by atoms with Crippen molar-refractivity contribution in [1.82, 2.24) is 24.7 Å². The number of piperidine rings is 1. The van der Waals surface area contributed by atoms with Crippen LogP contribution < -0.4 is 10.2 Å². The summed E-state index contributed by atoms with van der Waals surface area (Å²) in [5.74, 6) is -0.259. The summed E-state index contributed by atoms with van der Waals surface area (Å²) in [6.45, 7) is 10.7. The van der Waals surface area contributed by atoms with E-state index in [9.17, 15) is 14.4 Å². The molecule has 4 amide bonds. The van der Waals surface area contributed by atoms with Gasteiger partial charge >= 0.3 is 12.1 Å². The Morgan fingerprint density at radius 1 is 1.15 bits per heavy atom. The zero-order valence-corrected chi connectivity index (χ0v) is 24.0. The van der Waals surface area contributed by atoms with Gasteiger partial charge in [0.25, 0.3) is 0 Å². The van der Waals surface area contributed by atoms with Gasteiger partial charge in [-0.1, -0.05) is 0 Å². The summed E-state index contributed by atoms with van der Waals surface area (Å²) in [5.41, 5.74) is 0.772. The number of aryl methyl sites for hydroxylation is 1. The number of hydrogen-bond donors (Lipinski definition) is 1. The van der Waals surface area contributed by atoms with Crippen LogP contribution in [0.15, 0.2) is 18.5 Å². The number of hydrogen-bond acceptors (Lipinski definition) is 6. The minimum absolute atomic E-state index is 0.250. The third-order valence-corrected chi connectivity index (χ3v) is 8.22. The van der Waals surface area contributed by atoms with E-state index in [2.05, 4.69) is 21.0 Å². The Bertz CT molecular complexity index is 1280. The lowest BCUT2D eigenvalue weighted by atomic mass is 9.92. The van der Waals surface area contributed by atoms with Gasteiger partial charge in [0.05, 0.1) is 11.9 Å². The SMILES string of the molecule is Cc1cn(C2CCCN(CC3(F)CCN(C(=O)OC(C)(C)C)CC3)CC2)c2ncc(N3CCC(=O)NC3=O)cc12. The number of carbonyl (C=O) groups is 3. The normalized spacial score (nSPS) is 22.8. The zero-order chi connectivity index (χ0) is 28.7. The highest BCUT2D eigenvalue weighted by Gasteiger charge is 2.39. The lowest BCUT2D eigenvalue weighted by Crippen LogP contribution is -2.50. The van der Waals surface area contributed by atoms with Crippen LogP contribution in [-0.2, 0) is 9.53 Å². The Morgan fingerprint density at radius 2 is 1.90 bits per heavy atom. The molecule has 3 aliphatic rings. The van der Waals surface area contributed by atoms with E-state index >= 15 is 4.39 Å². The third-order valence-electron chi connectivity index (χ3n) is 8.22. The quantitative estimate of drug-likeness (QED) is 0.593. The number of anilines is 1. The lowest BCUT2D eigenvalue weighted by molar-refractivity contribution is -0.120. The number of fused-ring (bicyclic) bond motifs is 1. The highest BCUT2D eigenvalue weighted by atomic mass is 19.1. The molecule has 218 valence electrons. The van der Waals surface area contributed by atoms with Crippen LogP contribution in [0.25, 0.3) is 11.0 Å². The van der Waals surface area contributed by atoms with Gasteiger partial charge in [-0.05, 0) is 65.1 Å². The lowest BCUT2D eigenvalue weighted by Gasteiger charge is -2.39. The summed E-state index contributed by atoms with van der Waals surface area (Å²) in [6.07, 6.45) is 7.21. The number of alkyl halides is 1. The van der Waals surface area contributed by atoms with Crippen LogP contribution in [0.2, 0.25) is 0 Å². The number of aromatic nitrogens is 2. The molecule has 11 heteroatoms. The van der Waals surface area contributed by atoms with Crippen molar-refractivity contribution in [3.05, 3.63) is 24.0 Å². The van der Waals surface area contributed by atoms with Crippen LogP contribution in [0.4, 0.5) is 19.7 Å². The van der Waals surface area contributed by atoms with Crippen LogP contribution >= 0.6 is 0 Å². The fraction of sp³-hybridized carbons (Fsp3) is 0.655. The molecule has 3 aliphatic heterocycles. The van der Waals surface area contributed by atoms with Crippen LogP contribution in [0.5, 0.6) is 0 Å². The Balaban J connectivity index is 1.20. The number of ether oxygens (including phenoxy) is 1. The molecule has 1 unspecified atom stereocenters. The topological polar surface area (TPSA) is 100 Å². The van der Waals surface area contributed by atoms with E-state index in [0.717, 1.165) is 48.9 Å². The van der Waals surface area contributed by atoms with E-state index in [1.54, 1.807) is 16.0 Å². The van der Waals surface area contributed by atoms with Crippen molar-refractivity contribution in [2.24, 2.45) is 0 Å². The number of likely N-dealkylation sites (tertiary alicyclic amines) is 2. The molecule has 3 saturated heterocycles. The molecule has 40 heavy (non-hydrogen) atoms. The number of pyridine rings is 1. The molecular weight excluding hydrogens is 515 g/mol. The summed E-state index contributed by atoms with van der Waals surface area (Å²) >= 11 is 0. The number of halogens is 1. The number of carbonyl (C=O) groups excluding carboxylic acids is 3. The number of amides is 4. The molecule has 0 radical (unpaired) electrons. The summed E-state index contributed by atoms with van der Waals surface area (Å²) in [6, 6.07) is 1.81. The molecule has 0 aromatic carbocycles. The standard InChI is InChI=1S/C29H41FN6O4/c1-20-18-36(25-23(20)16-22(17-31-25)35-13-8-24(37)32-26(35)38)21-6-5-11-33(12-7-21)19-29(30)9-14-34(15-10-29)27(39)40-28(2,3)4/h16-18,21H,5-15,19H2,1-4H3,(H,32,37,38). The molecule has 2 aromatic rings. The molecule has 1 N–H and O–H groups in total. The van der Waals surface area contributed by atoms with Gasteiger partial charge in [0.15, 0.2) is 0 Å². The van der Waals surface area contributed by atoms with E-state index in [1.165, 1.54) is 0 Å². The maximum Gasteiger partial charge on any atom is 0.410 e. The molecule has 5 heterocycles. The van der Waals surface area contributed by atoms with E-state index in [1.807, 2.05) is 33.8 Å². The van der Waals surface area contributed by atoms with Crippen molar-refractivity contribution >= 4 is 34.8 Å². The molecular formula is C29H41FN6O4. The number of nitrogens with one attached hydrogen (secondary N) is 1. The predicted octanol–water partition coefficient (Wildman–Crippen LogP) is 4.56. The summed E-state index contributed by atoms with van der Waals surface area (Å²) in [4.78, 5) is 46.4. The molecule has 0 bridgehead atoms. The van der Waals surface area contributed by atoms with Gasteiger partial charge in [-0.3, -0.25) is 15.0 Å². The maximum absolute atomic E-state index is 15.8. The van der Waals surface area contributed by atoms with Crippen molar-refractivity contribution in [3.63, 3.8) is 0 Å². The third kappa shape index (κ3) is 6.24. The summed E-state index contributed by atoms with van der Waals surface area (Å²) in [7, 11) is 0. The molecule has 5 rings (SSSR count). The van der Waals surface area contributed by atoms with Crippen molar-refractivity contribution < 1.29 is 23.5 Å².